The molecular formula is C30H36ClN3O5S. The average molecular weight is 586 g/mol. The summed E-state index contributed by atoms with van der Waals surface area (Å²) >= 11 is 6.27. The van der Waals surface area contributed by atoms with Crippen LogP contribution in [0.25, 0.3) is 0 Å². The van der Waals surface area contributed by atoms with Crippen molar-refractivity contribution in [2.24, 2.45) is 0 Å². The molecule has 1 atom stereocenters. The van der Waals surface area contributed by atoms with Gasteiger partial charge in [-0.15, -0.1) is 0 Å². The summed E-state index contributed by atoms with van der Waals surface area (Å²) in [6, 6.07) is 19.2. The predicted octanol–water partition coefficient (Wildman–Crippen LogP) is 5.19. The van der Waals surface area contributed by atoms with E-state index in [-0.39, 0.29) is 23.0 Å². The number of carbonyl (C=O) groups excluding carboxylic acids is 2. The van der Waals surface area contributed by atoms with E-state index in [1.807, 2.05) is 26.0 Å². The standard InChI is InChI=1S/C30H36ClN3O5S/c1-5-18-32-30(36)27(6-2)33(20-23-13-16-25(39-4)17-14-23)29(35)21-34(28-19-24(31)15-12-22(28)3)40(37,38)26-10-8-7-9-11-26/h7-17,19,27H,5-6,18,20-21H2,1-4H3,(H,32,36)/t27-/m0/s1. The van der Waals surface area contributed by atoms with Gasteiger partial charge in [0.05, 0.1) is 17.7 Å². The Labute approximate surface area is 241 Å². The normalized spacial score (nSPS) is 11.9. The van der Waals surface area contributed by atoms with Gasteiger partial charge in [0.1, 0.15) is 18.3 Å². The second kappa shape index (κ2) is 14.2. The van der Waals surface area contributed by atoms with Gasteiger partial charge in [0, 0.05) is 18.1 Å². The first-order valence-electron chi connectivity index (χ1n) is 13.2. The number of benzene rings is 3. The molecule has 1 N–H and O–H groups in total. The second-order valence-corrected chi connectivity index (χ2v) is 11.6. The monoisotopic (exact) mass is 585 g/mol. The molecule has 40 heavy (non-hydrogen) atoms. The number of methoxy groups -OCH3 is 1. The third kappa shape index (κ3) is 7.55. The maximum Gasteiger partial charge on any atom is 0.264 e. The van der Waals surface area contributed by atoms with E-state index in [9.17, 15) is 18.0 Å². The Balaban J connectivity index is 2.07. The molecule has 3 aromatic rings. The number of nitrogens with one attached hydrogen (secondary N) is 1. The van der Waals surface area contributed by atoms with Crippen molar-refractivity contribution < 1.29 is 22.7 Å². The molecule has 0 aliphatic rings. The van der Waals surface area contributed by atoms with E-state index >= 15 is 0 Å². The van der Waals surface area contributed by atoms with E-state index in [0.29, 0.717) is 29.3 Å². The Bertz CT molecular complexity index is 1400. The molecule has 0 saturated carbocycles. The summed E-state index contributed by atoms with van der Waals surface area (Å²) in [7, 11) is -2.60. The second-order valence-electron chi connectivity index (χ2n) is 9.34. The fraction of sp³-hybridized carbons (Fsp3) is 0.333. The van der Waals surface area contributed by atoms with Crippen LogP contribution in [0.1, 0.15) is 37.8 Å². The van der Waals surface area contributed by atoms with Gasteiger partial charge >= 0.3 is 0 Å². The number of nitrogens with zero attached hydrogens (tertiary/aromatic N) is 2. The van der Waals surface area contributed by atoms with Gasteiger partial charge in [-0.1, -0.05) is 61.8 Å². The van der Waals surface area contributed by atoms with E-state index in [0.717, 1.165) is 16.3 Å². The molecule has 0 heterocycles. The number of aryl methyl sites for hydroxylation is 1. The van der Waals surface area contributed by atoms with Gasteiger partial charge in [-0.05, 0) is 67.3 Å². The van der Waals surface area contributed by atoms with Crippen molar-refractivity contribution in [3.8, 4) is 5.75 Å². The molecule has 214 valence electrons. The van der Waals surface area contributed by atoms with E-state index < -0.39 is 28.5 Å². The molecule has 0 aromatic heterocycles. The minimum atomic E-state index is -4.16. The molecule has 0 fully saturated rings. The minimum absolute atomic E-state index is 0.0385. The molecule has 2 amide bonds. The lowest BCUT2D eigenvalue weighted by molar-refractivity contribution is -0.140. The molecule has 0 spiro atoms. The molecule has 0 unspecified atom stereocenters. The van der Waals surface area contributed by atoms with Crippen LogP contribution in [0.3, 0.4) is 0 Å². The largest absolute Gasteiger partial charge is 0.497 e. The van der Waals surface area contributed by atoms with Gasteiger partial charge in [-0.2, -0.15) is 0 Å². The van der Waals surface area contributed by atoms with Gasteiger partial charge in [-0.3, -0.25) is 13.9 Å². The maximum atomic E-state index is 14.1. The van der Waals surface area contributed by atoms with Crippen molar-refractivity contribution in [3.63, 3.8) is 0 Å². The summed E-state index contributed by atoms with van der Waals surface area (Å²) in [6.07, 6.45) is 1.09. The highest BCUT2D eigenvalue weighted by Crippen LogP contribution is 2.30. The first-order chi connectivity index (χ1) is 19.1. The summed E-state index contributed by atoms with van der Waals surface area (Å²) in [5.74, 6) is -0.151. The van der Waals surface area contributed by atoms with Crippen molar-refractivity contribution in [1.29, 1.82) is 0 Å². The lowest BCUT2D eigenvalue weighted by atomic mass is 10.1. The van der Waals surface area contributed by atoms with Gasteiger partial charge in [0.15, 0.2) is 0 Å². The molecule has 10 heteroatoms. The topological polar surface area (TPSA) is 96.0 Å². The molecule has 0 aliphatic carbocycles. The van der Waals surface area contributed by atoms with Crippen LogP contribution in [0.15, 0.2) is 77.7 Å². The zero-order valence-electron chi connectivity index (χ0n) is 23.3. The number of rotatable bonds is 13. The van der Waals surface area contributed by atoms with E-state index in [1.165, 1.54) is 23.1 Å². The smallest absolute Gasteiger partial charge is 0.264 e. The predicted molar refractivity (Wildman–Crippen MR) is 158 cm³/mol. The van der Waals surface area contributed by atoms with Crippen LogP contribution in [0.5, 0.6) is 5.75 Å². The third-order valence-corrected chi connectivity index (χ3v) is 8.51. The van der Waals surface area contributed by atoms with Gasteiger partial charge in [0.25, 0.3) is 10.0 Å². The van der Waals surface area contributed by atoms with Gasteiger partial charge in [-0.25, -0.2) is 8.42 Å². The number of hydrogen-bond acceptors (Lipinski definition) is 5. The summed E-state index contributed by atoms with van der Waals surface area (Å²) in [5, 5.41) is 3.21. The van der Waals surface area contributed by atoms with E-state index in [2.05, 4.69) is 5.32 Å². The molecule has 8 nitrogen and oxygen atoms in total. The summed E-state index contributed by atoms with van der Waals surface area (Å²) in [6.45, 7) is 5.58. The summed E-state index contributed by atoms with van der Waals surface area (Å²) in [5.41, 5.74) is 1.69. The van der Waals surface area contributed by atoms with Crippen LogP contribution in [0.2, 0.25) is 5.02 Å². The van der Waals surface area contributed by atoms with Crippen molar-refractivity contribution in [2.75, 3.05) is 24.5 Å². The fourth-order valence-corrected chi connectivity index (χ4v) is 5.96. The van der Waals surface area contributed by atoms with Crippen molar-refractivity contribution in [3.05, 3.63) is 88.9 Å². The van der Waals surface area contributed by atoms with Crippen LogP contribution in [-0.2, 0) is 26.2 Å². The summed E-state index contributed by atoms with van der Waals surface area (Å²) < 4.78 is 34.2. The Morgan fingerprint density at radius 1 is 1.00 bits per heavy atom. The number of carbonyl (C=O) groups is 2. The molecule has 3 rings (SSSR count). The summed E-state index contributed by atoms with van der Waals surface area (Å²) in [4.78, 5) is 28.7. The van der Waals surface area contributed by atoms with Crippen molar-refractivity contribution in [2.45, 2.75) is 51.1 Å². The zero-order valence-corrected chi connectivity index (χ0v) is 24.8. The number of sulfonamides is 1. The number of ether oxygens (including phenoxy) is 1. The Kier molecular flexibility index (Phi) is 11.0. The highest BCUT2D eigenvalue weighted by atomic mass is 35.5. The van der Waals surface area contributed by atoms with Gasteiger partial charge in [0.2, 0.25) is 11.8 Å². The van der Waals surface area contributed by atoms with E-state index in [4.69, 9.17) is 16.3 Å². The van der Waals surface area contributed by atoms with Crippen LogP contribution < -0.4 is 14.4 Å². The Morgan fingerprint density at radius 2 is 1.68 bits per heavy atom. The van der Waals surface area contributed by atoms with Crippen LogP contribution in [0, 0.1) is 6.92 Å². The molecular weight excluding hydrogens is 550 g/mol. The first kappa shape index (κ1) is 31.0. The lowest BCUT2D eigenvalue weighted by Gasteiger charge is -2.33. The Morgan fingerprint density at radius 3 is 2.27 bits per heavy atom. The van der Waals surface area contributed by atoms with Gasteiger partial charge < -0.3 is 15.0 Å². The lowest BCUT2D eigenvalue weighted by Crippen LogP contribution is -2.52. The molecule has 0 aliphatic heterocycles. The zero-order chi connectivity index (χ0) is 29.3. The van der Waals surface area contributed by atoms with Crippen LogP contribution in [-0.4, -0.2) is 51.4 Å². The van der Waals surface area contributed by atoms with E-state index in [1.54, 1.807) is 56.5 Å². The fourth-order valence-electron chi connectivity index (χ4n) is 4.30. The quantitative estimate of drug-likeness (QED) is 0.298. The number of hydrogen-bond donors (Lipinski definition) is 1. The maximum absolute atomic E-state index is 14.1. The third-order valence-electron chi connectivity index (χ3n) is 6.50. The van der Waals surface area contributed by atoms with Crippen LogP contribution in [0.4, 0.5) is 5.69 Å². The molecule has 3 aromatic carbocycles. The minimum Gasteiger partial charge on any atom is -0.497 e. The molecule has 0 bridgehead atoms. The number of anilines is 1. The first-order valence-corrected chi connectivity index (χ1v) is 15.0. The van der Waals surface area contributed by atoms with Crippen LogP contribution >= 0.6 is 11.6 Å². The SMILES string of the molecule is CCCNC(=O)[C@H](CC)N(Cc1ccc(OC)cc1)C(=O)CN(c1cc(Cl)ccc1C)S(=O)(=O)c1ccccc1. The van der Waals surface area contributed by atoms with Crippen molar-refractivity contribution >= 4 is 39.1 Å². The number of halogens is 1. The molecule has 0 saturated heterocycles. The Hall–Kier alpha value is -3.56. The van der Waals surface area contributed by atoms with Crippen molar-refractivity contribution in [1.82, 2.24) is 10.2 Å². The number of amides is 2. The highest BCUT2D eigenvalue weighted by molar-refractivity contribution is 7.92. The highest BCUT2D eigenvalue weighted by Gasteiger charge is 2.34. The molecule has 0 radical (unpaired) electrons. The average Bonchev–Trinajstić information content (AvgIpc) is 2.96.